The van der Waals surface area contributed by atoms with Crippen LogP contribution in [0.5, 0.6) is 11.5 Å². The molecule has 8 nitrogen and oxygen atoms in total. The van der Waals surface area contributed by atoms with Gasteiger partial charge in [0.25, 0.3) is 0 Å². The maximum atomic E-state index is 14.0. The van der Waals surface area contributed by atoms with Crippen molar-refractivity contribution < 1.29 is 17.5 Å². The molecule has 0 radical (unpaired) electrons. The van der Waals surface area contributed by atoms with E-state index in [1.54, 1.807) is 12.4 Å². The van der Waals surface area contributed by atoms with Gasteiger partial charge in [-0.3, -0.25) is 9.71 Å². The van der Waals surface area contributed by atoms with Crippen LogP contribution in [0.25, 0.3) is 0 Å². The molecule has 0 saturated heterocycles. The Bertz CT molecular complexity index is 1100. The Morgan fingerprint density at radius 1 is 1.18 bits per heavy atom. The van der Waals surface area contributed by atoms with Crippen molar-refractivity contribution in [3.8, 4) is 11.5 Å². The number of benzene rings is 2. The molecule has 4 rings (SSSR count). The standard InChI is InChI=1S/C18H18FN5O3S/c1-23(2)28(25,26)22-17-10-13(3-5-15(17)19)27-12-4-6-16-14(9-12)18-20-7-8-24(18)11-21-16/h3-6,9-11,22H,7-8H2,1-2H3. The number of aliphatic imine (C=N–C) groups is 2. The third kappa shape index (κ3) is 3.43. The molecule has 0 spiro atoms. The van der Waals surface area contributed by atoms with Crippen LogP contribution in [0.4, 0.5) is 15.8 Å². The van der Waals surface area contributed by atoms with E-state index in [1.807, 2.05) is 17.0 Å². The predicted molar refractivity (Wildman–Crippen MR) is 105 cm³/mol. The van der Waals surface area contributed by atoms with E-state index in [0.717, 1.165) is 34.0 Å². The topological polar surface area (TPSA) is 86.6 Å². The van der Waals surface area contributed by atoms with Crippen molar-refractivity contribution in [3.63, 3.8) is 0 Å². The second kappa shape index (κ2) is 6.88. The number of hydrogen-bond donors (Lipinski definition) is 1. The van der Waals surface area contributed by atoms with Crippen LogP contribution in [0.3, 0.4) is 0 Å². The van der Waals surface area contributed by atoms with E-state index >= 15 is 0 Å². The minimum absolute atomic E-state index is 0.194. The highest BCUT2D eigenvalue weighted by Gasteiger charge is 2.24. The van der Waals surface area contributed by atoms with Gasteiger partial charge in [0.1, 0.15) is 23.2 Å². The third-order valence-corrected chi connectivity index (χ3v) is 5.75. The molecule has 2 aliphatic heterocycles. The van der Waals surface area contributed by atoms with Gasteiger partial charge in [0.2, 0.25) is 0 Å². The highest BCUT2D eigenvalue weighted by Crippen LogP contribution is 2.33. The van der Waals surface area contributed by atoms with Crippen LogP contribution < -0.4 is 9.46 Å². The van der Waals surface area contributed by atoms with E-state index in [0.29, 0.717) is 18.0 Å². The van der Waals surface area contributed by atoms with Crippen LogP contribution in [-0.2, 0) is 10.2 Å². The Hall–Kier alpha value is -2.98. The molecule has 28 heavy (non-hydrogen) atoms. The summed E-state index contributed by atoms with van der Waals surface area (Å²) in [6.45, 7) is 1.50. The molecule has 0 fully saturated rings. The Morgan fingerprint density at radius 3 is 2.71 bits per heavy atom. The van der Waals surface area contributed by atoms with Gasteiger partial charge in [0.15, 0.2) is 0 Å². The van der Waals surface area contributed by atoms with Gasteiger partial charge in [0.05, 0.1) is 24.3 Å². The summed E-state index contributed by atoms with van der Waals surface area (Å²) in [5, 5.41) is 0. The average molecular weight is 403 g/mol. The second-order valence-corrected chi connectivity index (χ2v) is 8.34. The average Bonchev–Trinajstić information content (AvgIpc) is 3.13. The lowest BCUT2D eigenvalue weighted by molar-refractivity contribution is 0.481. The molecule has 2 heterocycles. The van der Waals surface area contributed by atoms with Gasteiger partial charge in [-0.05, 0) is 30.3 Å². The Morgan fingerprint density at radius 2 is 1.93 bits per heavy atom. The Kier molecular flexibility index (Phi) is 4.52. The van der Waals surface area contributed by atoms with Gasteiger partial charge >= 0.3 is 10.2 Å². The molecular formula is C18H18FN5O3S. The van der Waals surface area contributed by atoms with Crippen molar-refractivity contribution in [3.05, 3.63) is 47.8 Å². The maximum absolute atomic E-state index is 14.0. The van der Waals surface area contributed by atoms with Gasteiger partial charge in [-0.2, -0.15) is 12.7 Å². The first kappa shape index (κ1) is 18.4. The molecule has 146 valence electrons. The lowest BCUT2D eigenvalue weighted by Crippen LogP contribution is -2.29. The monoisotopic (exact) mass is 403 g/mol. The first-order chi connectivity index (χ1) is 13.3. The number of amidine groups is 1. The van der Waals surface area contributed by atoms with Crippen molar-refractivity contribution in [2.45, 2.75) is 0 Å². The summed E-state index contributed by atoms with van der Waals surface area (Å²) < 4.78 is 46.9. The van der Waals surface area contributed by atoms with Gasteiger partial charge < -0.3 is 9.64 Å². The number of rotatable bonds is 5. The summed E-state index contributed by atoms with van der Waals surface area (Å²) in [6, 6.07) is 9.25. The molecule has 0 saturated carbocycles. The van der Waals surface area contributed by atoms with Crippen LogP contribution >= 0.6 is 0 Å². The lowest BCUT2D eigenvalue weighted by Gasteiger charge is -2.21. The Labute approximate surface area is 162 Å². The molecule has 2 aromatic rings. The van der Waals surface area contributed by atoms with Gasteiger partial charge in [-0.1, -0.05) is 0 Å². The smallest absolute Gasteiger partial charge is 0.301 e. The highest BCUT2D eigenvalue weighted by molar-refractivity contribution is 7.90. The first-order valence-corrected chi connectivity index (χ1v) is 9.95. The number of nitrogens with zero attached hydrogens (tertiary/aromatic N) is 4. The van der Waals surface area contributed by atoms with E-state index in [1.165, 1.54) is 26.2 Å². The predicted octanol–water partition coefficient (Wildman–Crippen LogP) is 2.57. The molecule has 10 heteroatoms. The molecule has 0 bridgehead atoms. The van der Waals surface area contributed by atoms with Crippen molar-refractivity contribution in [1.82, 2.24) is 9.21 Å². The zero-order chi connectivity index (χ0) is 19.9. The molecule has 2 aromatic carbocycles. The Balaban J connectivity index is 1.61. The molecule has 0 aliphatic carbocycles. The van der Waals surface area contributed by atoms with E-state index in [-0.39, 0.29) is 5.69 Å². The first-order valence-electron chi connectivity index (χ1n) is 8.51. The second-order valence-electron chi connectivity index (χ2n) is 6.46. The zero-order valence-corrected chi connectivity index (χ0v) is 16.1. The maximum Gasteiger partial charge on any atom is 0.301 e. The molecule has 2 aliphatic rings. The number of ether oxygens (including phenoxy) is 1. The third-order valence-electron chi connectivity index (χ3n) is 4.31. The number of fused-ring (bicyclic) bond motifs is 3. The summed E-state index contributed by atoms with van der Waals surface area (Å²) in [4.78, 5) is 10.9. The van der Waals surface area contributed by atoms with Gasteiger partial charge in [-0.15, -0.1) is 0 Å². The minimum Gasteiger partial charge on any atom is -0.457 e. The number of nitrogens with one attached hydrogen (secondary N) is 1. The number of hydrogen-bond acceptors (Lipinski definition) is 6. The van der Waals surface area contributed by atoms with Crippen molar-refractivity contribution in [2.24, 2.45) is 9.98 Å². The molecule has 0 aromatic heterocycles. The molecule has 0 unspecified atom stereocenters. The quantitative estimate of drug-likeness (QED) is 0.831. The van der Waals surface area contributed by atoms with E-state index in [9.17, 15) is 12.8 Å². The summed E-state index contributed by atoms with van der Waals surface area (Å²) in [5.41, 5.74) is 1.45. The number of anilines is 1. The zero-order valence-electron chi connectivity index (χ0n) is 15.3. The SMILES string of the molecule is CN(C)S(=O)(=O)Nc1cc(Oc2ccc3c(c2)C2=NCCN2C=N3)ccc1F. The van der Waals surface area contributed by atoms with Crippen LogP contribution in [0.2, 0.25) is 0 Å². The van der Waals surface area contributed by atoms with Crippen molar-refractivity contribution in [2.75, 3.05) is 31.9 Å². The van der Waals surface area contributed by atoms with Crippen LogP contribution in [0.15, 0.2) is 46.4 Å². The highest BCUT2D eigenvalue weighted by atomic mass is 32.2. The summed E-state index contributed by atoms with van der Waals surface area (Å²) in [7, 11) is -1.13. The van der Waals surface area contributed by atoms with Crippen LogP contribution in [0.1, 0.15) is 5.56 Å². The summed E-state index contributed by atoms with van der Waals surface area (Å²) in [6.07, 6.45) is 1.76. The van der Waals surface area contributed by atoms with Crippen molar-refractivity contribution >= 4 is 33.8 Å². The summed E-state index contributed by atoms with van der Waals surface area (Å²) in [5.74, 6) is 0.947. The molecular weight excluding hydrogens is 385 g/mol. The van der Waals surface area contributed by atoms with E-state index in [2.05, 4.69) is 14.7 Å². The lowest BCUT2D eigenvalue weighted by atomic mass is 10.1. The van der Waals surface area contributed by atoms with Gasteiger partial charge in [0, 0.05) is 32.3 Å². The fraction of sp³-hybridized carbons (Fsp3) is 0.222. The van der Waals surface area contributed by atoms with Crippen molar-refractivity contribution in [1.29, 1.82) is 0 Å². The van der Waals surface area contributed by atoms with E-state index in [4.69, 9.17) is 4.74 Å². The molecule has 1 N–H and O–H groups in total. The van der Waals surface area contributed by atoms with Crippen LogP contribution in [-0.4, -0.2) is 57.0 Å². The minimum atomic E-state index is -3.83. The van der Waals surface area contributed by atoms with E-state index < -0.39 is 16.0 Å². The number of halogens is 1. The summed E-state index contributed by atoms with van der Waals surface area (Å²) >= 11 is 0. The van der Waals surface area contributed by atoms with Crippen LogP contribution in [0, 0.1) is 5.82 Å². The largest absolute Gasteiger partial charge is 0.457 e. The fourth-order valence-corrected chi connectivity index (χ4v) is 3.44. The fourth-order valence-electron chi connectivity index (χ4n) is 2.83. The molecule has 0 atom stereocenters. The molecule has 0 amide bonds. The normalized spacial score (nSPS) is 15.3. The van der Waals surface area contributed by atoms with Gasteiger partial charge in [-0.25, -0.2) is 9.38 Å².